The lowest BCUT2D eigenvalue weighted by molar-refractivity contribution is -0.119. The van der Waals surface area contributed by atoms with E-state index in [0.717, 1.165) is 11.3 Å². The summed E-state index contributed by atoms with van der Waals surface area (Å²) in [7, 11) is 1.74. The summed E-state index contributed by atoms with van der Waals surface area (Å²) < 4.78 is 0. The van der Waals surface area contributed by atoms with Crippen molar-refractivity contribution in [2.75, 3.05) is 16.8 Å². The molecule has 4 heteroatoms. The smallest absolute Gasteiger partial charge is 0.261 e. The molecule has 0 bridgehead atoms. The van der Waals surface area contributed by atoms with Crippen molar-refractivity contribution in [2.24, 2.45) is 0 Å². The first-order valence-corrected chi connectivity index (χ1v) is 6.96. The third kappa shape index (κ3) is 1.56. The first-order chi connectivity index (χ1) is 10.2. The molecule has 0 saturated heterocycles. The molecule has 2 heterocycles. The molecule has 2 aromatic rings. The standard InChI is InChI=1S/C17H14N2O2/c1-18-14-9-5-3-7-12(14)16(20)19-13-8-4-2-6-11(13)10-15(19)17(18)21/h2-9,15H,10H2,1H3/t15-/m1/s1. The van der Waals surface area contributed by atoms with Crippen LogP contribution in [-0.2, 0) is 11.2 Å². The fraction of sp³-hybridized carbons (Fsp3) is 0.176. The van der Waals surface area contributed by atoms with Crippen LogP contribution in [0.25, 0.3) is 0 Å². The highest BCUT2D eigenvalue weighted by Crippen LogP contribution is 2.38. The number of hydrogen-bond acceptors (Lipinski definition) is 2. The van der Waals surface area contributed by atoms with Gasteiger partial charge in [0.15, 0.2) is 0 Å². The van der Waals surface area contributed by atoms with Gasteiger partial charge < -0.3 is 4.90 Å². The Hall–Kier alpha value is -2.62. The second kappa shape index (κ2) is 4.19. The molecule has 0 N–H and O–H groups in total. The van der Waals surface area contributed by atoms with Gasteiger partial charge in [-0.2, -0.15) is 0 Å². The first kappa shape index (κ1) is 12.1. The lowest BCUT2D eigenvalue weighted by Crippen LogP contribution is -2.45. The lowest BCUT2D eigenvalue weighted by Gasteiger charge is -2.23. The van der Waals surface area contributed by atoms with Crippen molar-refractivity contribution in [1.29, 1.82) is 0 Å². The Labute approximate surface area is 122 Å². The number of carbonyl (C=O) groups excluding carboxylic acids is 2. The average molecular weight is 278 g/mol. The molecule has 2 aromatic carbocycles. The van der Waals surface area contributed by atoms with Crippen LogP contribution >= 0.6 is 0 Å². The van der Waals surface area contributed by atoms with Crippen molar-refractivity contribution in [3.63, 3.8) is 0 Å². The van der Waals surface area contributed by atoms with E-state index in [1.807, 2.05) is 42.5 Å². The van der Waals surface area contributed by atoms with E-state index in [4.69, 9.17) is 0 Å². The third-order valence-corrected chi connectivity index (χ3v) is 4.31. The first-order valence-electron chi connectivity index (χ1n) is 6.96. The largest absolute Gasteiger partial charge is 0.313 e. The Balaban J connectivity index is 1.95. The summed E-state index contributed by atoms with van der Waals surface area (Å²) in [5.74, 6) is -0.136. The number of fused-ring (bicyclic) bond motifs is 4. The van der Waals surface area contributed by atoms with Crippen molar-refractivity contribution in [2.45, 2.75) is 12.5 Å². The zero-order chi connectivity index (χ0) is 14.6. The number of carbonyl (C=O) groups is 2. The quantitative estimate of drug-likeness (QED) is 0.741. The summed E-state index contributed by atoms with van der Waals surface area (Å²) in [6.45, 7) is 0. The highest BCUT2D eigenvalue weighted by molar-refractivity contribution is 6.20. The summed E-state index contributed by atoms with van der Waals surface area (Å²) in [6, 6.07) is 14.6. The minimum atomic E-state index is -0.438. The van der Waals surface area contributed by atoms with Crippen LogP contribution in [0.5, 0.6) is 0 Å². The van der Waals surface area contributed by atoms with E-state index in [-0.39, 0.29) is 11.8 Å². The Morgan fingerprint density at radius 2 is 1.62 bits per heavy atom. The Bertz CT molecular complexity index is 769. The van der Waals surface area contributed by atoms with Gasteiger partial charge in [0.2, 0.25) is 5.91 Å². The zero-order valence-electron chi connectivity index (χ0n) is 11.6. The van der Waals surface area contributed by atoms with Crippen LogP contribution in [0, 0.1) is 0 Å². The van der Waals surface area contributed by atoms with Crippen molar-refractivity contribution >= 4 is 23.2 Å². The van der Waals surface area contributed by atoms with Gasteiger partial charge >= 0.3 is 0 Å². The predicted octanol–water partition coefficient (Wildman–Crippen LogP) is 2.23. The molecule has 4 rings (SSSR count). The number of likely N-dealkylation sites (N-methyl/N-ethyl adjacent to an activating group) is 1. The van der Waals surface area contributed by atoms with E-state index in [1.165, 1.54) is 0 Å². The fourth-order valence-corrected chi connectivity index (χ4v) is 3.25. The molecule has 2 aliphatic rings. The Morgan fingerprint density at radius 1 is 0.952 bits per heavy atom. The van der Waals surface area contributed by atoms with E-state index >= 15 is 0 Å². The molecule has 1 atom stereocenters. The van der Waals surface area contributed by atoms with Crippen molar-refractivity contribution in [3.05, 3.63) is 59.7 Å². The number of para-hydroxylation sites is 2. The lowest BCUT2D eigenvalue weighted by atomic mass is 10.1. The fourth-order valence-electron chi connectivity index (χ4n) is 3.25. The minimum absolute atomic E-state index is 0.0375. The second-order valence-corrected chi connectivity index (χ2v) is 5.44. The summed E-state index contributed by atoms with van der Waals surface area (Å²) in [5, 5.41) is 0. The zero-order valence-corrected chi connectivity index (χ0v) is 11.6. The van der Waals surface area contributed by atoms with Gasteiger partial charge in [-0.25, -0.2) is 0 Å². The van der Waals surface area contributed by atoms with Crippen LogP contribution in [0.15, 0.2) is 48.5 Å². The van der Waals surface area contributed by atoms with Gasteiger partial charge in [0.05, 0.1) is 11.3 Å². The van der Waals surface area contributed by atoms with Gasteiger partial charge in [0.1, 0.15) is 6.04 Å². The predicted molar refractivity (Wildman–Crippen MR) is 80.6 cm³/mol. The summed E-state index contributed by atoms with van der Waals surface area (Å²) in [6.07, 6.45) is 0.582. The summed E-state index contributed by atoms with van der Waals surface area (Å²) >= 11 is 0. The van der Waals surface area contributed by atoms with E-state index < -0.39 is 6.04 Å². The van der Waals surface area contributed by atoms with E-state index in [1.54, 1.807) is 22.9 Å². The monoisotopic (exact) mass is 278 g/mol. The molecule has 0 saturated carbocycles. The van der Waals surface area contributed by atoms with Crippen LogP contribution in [0.4, 0.5) is 11.4 Å². The molecule has 0 radical (unpaired) electrons. The van der Waals surface area contributed by atoms with Gasteiger partial charge in [-0.3, -0.25) is 14.5 Å². The molecule has 2 aliphatic heterocycles. The molecule has 4 nitrogen and oxygen atoms in total. The maximum absolute atomic E-state index is 12.9. The molecule has 0 spiro atoms. The summed E-state index contributed by atoms with van der Waals surface area (Å²) in [4.78, 5) is 28.9. The molecular weight excluding hydrogens is 264 g/mol. The van der Waals surface area contributed by atoms with Crippen LogP contribution < -0.4 is 9.80 Å². The number of hydrogen-bond donors (Lipinski definition) is 0. The highest BCUT2D eigenvalue weighted by atomic mass is 16.2. The van der Waals surface area contributed by atoms with Crippen LogP contribution in [0.2, 0.25) is 0 Å². The second-order valence-electron chi connectivity index (χ2n) is 5.44. The van der Waals surface area contributed by atoms with Crippen molar-refractivity contribution < 1.29 is 9.59 Å². The van der Waals surface area contributed by atoms with Gasteiger partial charge in [0, 0.05) is 19.2 Å². The van der Waals surface area contributed by atoms with Crippen LogP contribution in [0.3, 0.4) is 0 Å². The molecule has 21 heavy (non-hydrogen) atoms. The van der Waals surface area contributed by atoms with Crippen molar-refractivity contribution in [3.8, 4) is 0 Å². The maximum atomic E-state index is 12.9. The molecule has 0 aliphatic carbocycles. The number of amides is 2. The third-order valence-electron chi connectivity index (χ3n) is 4.31. The van der Waals surface area contributed by atoms with Gasteiger partial charge in [-0.05, 0) is 23.8 Å². The molecule has 0 unspecified atom stereocenters. The maximum Gasteiger partial charge on any atom is 0.261 e. The van der Waals surface area contributed by atoms with Crippen LogP contribution in [-0.4, -0.2) is 24.9 Å². The van der Waals surface area contributed by atoms with E-state index in [0.29, 0.717) is 17.7 Å². The summed E-state index contributed by atoms with van der Waals surface area (Å²) in [5.41, 5.74) is 3.16. The number of anilines is 2. The topological polar surface area (TPSA) is 40.6 Å². The Morgan fingerprint density at radius 3 is 2.43 bits per heavy atom. The average Bonchev–Trinajstić information content (AvgIpc) is 2.89. The SMILES string of the molecule is CN1C(=O)[C@H]2Cc3ccccc3N2C(=O)c2ccccc21. The number of nitrogens with zero attached hydrogens (tertiary/aromatic N) is 2. The highest BCUT2D eigenvalue weighted by Gasteiger charge is 2.43. The van der Waals surface area contributed by atoms with Gasteiger partial charge in [-0.1, -0.05) is 30.3 Å². The minimum Gasteiger partial charge on any atom is -0.313 e. The van der Waals surface area contributed by atoms with E-state index in [9.17, 15) is 9.59 Å². The molecule has 2 amide bonds. The van der Waals surface area contributed by atoms with Crippen LogP contribution in [0.1, 0.15) is 15.9 Å². The number of rotatable bonds is 0. The van der Waals surface area contributed by atoms with Gasteiger partial charge in [-0.15, -0.1) is 0 Å². The van der Waals surface area contributed by atoms with Gasteiger partial charge in [0.25, 0.3) is 5.91 Å². The molecule has 0 fully saturated rings. The molecule has 0 aromatic heterocycles. The normalized spacial score (nSPS) is 20.0. The molecular formula is C17H14N2O2. The van der Waals surface area contributed by atoms with Crippen molar-refractivity contribution in [1.82, 2.24) is 0 Å². The Kier molecular flexibility index (Phi) is 2.42. The van der Waals surface area contributed by atoms with E-state index in [2.05, 4.69) is 0 Å². The molecule has 104 valence electrons. The number of benzene rings is 2.